The fraction of sp³-hybridized carbons (Fsp3) is 0. The van der Waals surface area contributed by atoms with Gasteiger partial charge in [0.05, 0.1) is 11.2 Å². The standard InChI is InChI=1S/C6H6O3S2.Na.H/c7-11(8,10)9-6-4-2-1-3-5-6;;/h1-5H,(H,7,8,10);;. The molecule has 0 saturated carbocycles. The van der Waals surface area contributed by atoms with Gasteiger partial charge in [-0.25, -0.2) is 0 Å². The predicted octanol–water partition coefficient (Wildman–Crippen LogP) is 0.551. The van der Waals surface area contributed by atoms with E-state index >= 15 is 0 Å². The summed E-state index contributed by atoms with van der Waals surface area (Å²) in [5, 5.41) is 0. The van der Waals surface area contributed by atoms with Crippen LogP contribution in [0.4, 0.5) is 0 Å². The van der Waals surface area contributed by atoms with Crippen LogP contribution in [0, 0.1) is 0 Å². The number of para-hydroxylation sites is 1. The molecule has 0 heterocycles. The average Bonchev–Trinajstić information content (AvgIpc) is 1.85. The van der Waals surface area contributed by atoms with E-state index in [0.717, 1.165) is 0 Å². The molecule has 0 radical (unpaired) electrons. The van der Waals surface area contributed by atoms with Crippen LogP contribution in [0.25, 0.3) is 0 Å². The number of benzene rings is 1. The Morgan fingerprint density at radius 1 is 1.33 bits per heavy atom. The number of hydrogen-bond acceptors (Lipinski definition) is 3. The summed E-state index contributed by atoms with van der Waals surface area (Å²) in [6.45, 7) is 0. The number of rotatable bonds is 2. The van der Waals surface area contributed by atoms with Gasteiger partial charge in [-0.1, -0.05) is 18.2 Å². The van der Waals surface area contributed by atoms with Gasteiger partial charge >= 0.3 is 38.6 Å². The van der Waals surface area contributed by atoms with Gasteiger partial charge in [0.1, 0.15) is 5.75 Å². The van der Waals surface area contributed by atoms with E-state index in [2.05, 4.69) is 15.4 Å². The zero-order chi connectivity index (χ0) is 8.32. The van der Waals surface area contributed by atoms with E-state index in [1.165, 1.54) is 0 Å². The quantitative estimate of drug-likeness (QED) is 0.730. The van der Waals surface area contributed by atoms with Gasteiger partial charge in [-0.2, -0.15) is 4.21 Å². The van der Waals surface area contributed by atoms with Crippen molar-refractivity contribution in [1.82, 2.24) is 0 Å². The van der Waals surface area contributed by atoms with Gasteiger partial charge in [0.2, 0.25) is 0 Å². The summed E-state index contributed by atoms with van der Waals surface area (Å²) < 4.78 is 23.6. The molecule has 0 aliphatic heterocycles. The first kappa shape index (κ1) is 12.3. The summed E-state index contributed by atoms with van der Waals surface area (Å²) in [5.41, 5.74) is 0. The van der Waals surface area contributed by atoms with E-state index in [0.29, 0.717) is 5.75 Å². The molecular weight excluding hydrogens is 207 g/mol. The third-order valence-corrected chi connectivity index (χ3v) is 1.55. The van der Waals surface area contributed by atoms with Crippen LogP contribution >= 0.6 is 0 Å². The molecule has 0 bridgehead atoms. The van der Waals surface area contributed by atoms with Crippen molar-refractivity contribution in [2.75, 3.05) is 0 Å². The summed E-state index contributed by atoms with van der Waals surface area (Å²) in [5.74, 6) is 0.301. The maximum atomic E-state index is 10.5. The molecule has 1 aromatic rings. The molecule has 0 aliphatic carbocycles. The molecule has 0 fully saturated rings. The zero-order valence-corrected chi connectivity index (χ0v) is 7.10. The third kappa shape index (κ3) is 5.08. The molecule has 1 aromatic carbocycles. The second kappa shape index (κ2) is 5.16. The molecule has 1 N–H and O–H groups in total. The first-order valence-electron chi connectivity index (χ1n) is 2.80. The fourth-order valence-electron chi connectivity index (χ4n) is 0.598. The normalized spacial score (nSPS) is 14.1. The van der Waals surface area contributed by atoms with Gasteiger partial charge in [0, 0.05) is 0 Å². The maximum absolute atomic E-state index is 10.5. The Labute approximate surface area is 98.1 Å². The van der Waals surface area contributed by atoms with Crippen molar-refractivity contribution >= 4 is 49.8 Å². The second-order valence-corrected chi connectivity index (χ2v) is 4.11. The summed E-state index contributed by atoms with van der Waals surface area (Å²) in [4.78, 5) is 0. The van der Waals surface area contributed by atoms with E-state index in [9.17, 15) is 4.21 Å². The molecule has 0 amide bonds. The summed E-state index contributed by atoms with van der Waals surface area (Å²) >= 11 is 4.13. The Morgan fingerprint density at radius 2 is 1.83 bits per heavy atom. The predicted molar refractivity (Wildman–Crippen MR) is 52.4 cm³/mol. The molecule has 12 heavy (non-hydrogen) atoms. The van der Waals surface area contributed by atoms with Gasteiger partial charge in [0.15, 0.2) is 0 Å². The summed E-state index contributed by atoms with van der Waals surface area (Å²) in [7, 11) is -3.54. The van der Waals surface area contributed by atoms with E-state index in [1.54, 1.807) is 30.3 Å². The summed E-state index contributed by atoms with van der Waals surface area (Å²) in [6.07, 6.45) is 0. The molecular formula is C6H7NaO3S2. The third-order valence-electron chi connectivity index (χ3n) is 0.945. The van der Waals surface area contributed by atoms with Gasteiger partial charge in [-0.15, -0.1) is 0 Å². The fourth-order valence-corrected chi connectivity index (χ4v) is 1.19. The Morgan fingerprint density at radius 3 is 2.25 bits per heavy atom. The van der Waals surface area contributed by atoms with Crippen molar-refractivity contribution in [3.63, 3.8) is 0 Å². The average molecular weight is 214 g/mol. The van der Waals surface area contributed by atoms with E-state index < -0.39 is 9.05 Å². The van der Waals surface area contributed by atoms with Crippen LogP contribution in [-0.2, 0) is 20.2 Å². The van der Waals surface area contributed by atoms with Gasteiger partial charge in [-0.05, 0) is 12.1 Å². The molecule has 0 spiro atoms. The van der Waals surface area contributed by atoms with E-state index in [1.807, 2.05) is 0 Å². The molecule has 6 heteroatoms. The monoisotopic (exact) mass is 214 g/mol. The minimum absolute atomic E-state index is 0. The van der Waals surface area contributed by atoms with Crippen molar-refractivity contribution in [3.8, 4) is 5.75 Å². The second-order valence-electron chi connectivity index (χ2n) is 1.82. The SMILES string of the molecule is O=S(O)(=S)Oc1ccccc1.[NaH]. The van der Waals surface area contributed by atoms with Crippen LogP contribution in [-0.4, -0.2) is 38.3 Å². The van der Waals surface area contributed by atoms with Gasteiger partial charge in [-0.3, -0.25) is 4.55 Å². The first-order valence-corrected chi connectivity index (χ1v) is 5.16. The van der Waals surface area contributed by atoms with Crippen molar-refractivity contribution in [3.05, 3.63) is 30.3 Å². The Kier molecular flexibility index (Phi) is 5.31. The Bertz CT molecular complexity index is 322. The molecule has 62 valence electrons. The van der Waals surface area contributed by atoms with Crippen LogP contribution in [0.15, 0.2) is 30.3 Å². The van der Waals surface area contributed by atoms with Crippen LogP contribution in [0.3, 0.4) is 0 Å². The Hall–Kier alpha value is 0.350. The van der Waals surface area contributed by atoms with Crippen molar-refractivity contribution in [2.45, 2.75) is 0 Å². The molecule has 1 atom stereocenters. The Balaban J connectivity index is 0.00000121. The van der Waals surface area contributed by atoms with Crippen LogP contribution in [0.5, 0.6) is 5.75 Å². The molecule has 0 aliphatic rings. The van der Waals surface area contributed by atoms with E-state index in [4.69, 9.17) is 4.55 Å². The van der Waals surface area contributed by atoms with Crippen molar-refractivity contribution < 1.29 is 12.9 Å². The van der Waals surface area contributed by atoms with Crippen molar-refractivity contribution in [2.24, 2.45) is 0 Å². The molecule has 0 aromatic heterocycles. The van der Waals surface area contributed by atoms with Crippen LogP contribution in [0.2, 0.25) is 0 Å². The number of hydrogen-bond donors (Lipinski definition) is 1. The molecule has 0 saturated heterocycles. The van der Waals surface area contributed by atoms with Gasteiger partial charge < -0.3 is 4.18 Å². The minimum atomic E-state index is -3.54. The molecule has 1 rings (SSSR count). The molecule has 1 unspecified atom stereocenters. The van der Waals surface area contributed by atoms with Crippen molar-refractivity contribution in [1.29, 1.82) is 0 Å². The van der Waals surface area contributed by atoms with Crippen LogP contribution in [0.1, 0.15) is 0 Å². The topological polar surface area (TPSA) is 46.5 Å². The van der Waals surface area contributed by atoms with Gasteiger partial charge in [0.25, 0.3) is 0 Å². The zero-order valence-electron chi connectivity index (χ0n) is 5.47. The molecule has 3 nitrogen and oxygen atoms in total. The first-order chi connectivity index (χ1) is 5.08. The van der Waals surface area contributed by atoms with E-state index in [-0.39, 0.29) is 29.6 Å². The summed E-state index contributed by atoms with van der Waals surface area (Å²) in [6, 6.07) is 8.27. The van der Waals surface area contributed by atoms with Crippen LogP contribution < -0.4 is 4.18 Å².